The smallest absolute Gasteiger partial charge is 0.398 e. The van der Waals surface area contributed by atoms with Crippen LogP contribution in [0.3, 0.4) is 0 Å². The van der Waals surface area contributed by atoms with Crippen molar-refractivity contribution < 1.29 is 13.2 Å². The highest BCUT2D eigenvalue weighted by Gasteiger charge is 2.32. The second kappa shape index (κ2) is 12.0. The lowest BCUT2D eigenvalue weighted by Crippen LogP contribution is -2.09. The van der Waals surface area contributed by atoms with Crippen molar-refractivity contribution in [3.05, 3.63) is 101 Å². The van der Waals surface area contributed by atoms with Gasteiger partial charge in [0.25, 0.3) is 0 Å². The summed E-state index contributed by atoms with van der Waals surface area (Å²) in [5.74, 6) is 0. The van der Waals surface area contributed by atoms with Gasteiger partial charge in [0.1, 0.15) is 0 Å². The molecule has 0 saturated heterocycles. The first-order chi connectivity index (χ1) is 15.4. The van der Waals surface area contributed by atoms with Gasteiger partial charge in [-0.2, -0.15) is 13.2 Å². The molecule has 3 rings (SSSR count). The Kier molecular flexibility index (Phi) is 9.35. The lowest BCUT2D eigenvalue weighted by Gasteiger charge is -2.17. The monoisotopic (exact) mass is 441 g/mol. The first-order valence-electron chi connectivity index (χ1n) is 10.5. The van der Waals surface area contributed by atoms with E-state index in [-0.39, 0.29) is 12.0 Å². The topological polar surface area (TPSA) is 64.1 Å². The third kappa shape index (κ3) is 6.37. The minimum atomic E-state index is -4.39. The summed E-state index contributed by atoms with van der Waals surface area (Å²) in [6, 6.07) is 20.9. The maximum atomic E-state index is 13.4. The van der Waals surface area contributed by atoms with Gasteiger partial charge in [0.15, 0.2) is 0 Å². The Morgan fingerprint density at radius 2 is 1.47 bits per heavy atom. The Balaban J connectivity index is 0.00000176. The molecule has 5 N–H and O–H groups in total. The van der Waals surface area contributed by atoms with Crippen LogP contribution in [-0.2, 0) is 12.6 Å². The van der Waals surface area contributed by atoms with Crippen LogP contribution in [-0.4, -0.2) is 13.6 Å². The van der Waals surface area contributed by atoms with Crippen molar-refractivity contribution in [1.82, 2.24) is 0 Å². The summed E-state index contributed by atoms with van der Waals surface area (Å²) < 4.78 is 40.3. The van der Waals surface area contributed by atoms with E-state index in [1.54, 1.807) is 12.1 Å². The summed E-state index contributed by atoms with van der Waals surface area (Å²) in [6.45, 7) is 2.88. The average molecular weight is 442 g/mol. The number of anilines is 2. The van der Waals surface area contributed by atoms with E-state index >= 15 is 0 Å². The normalized spacial score (nSPS) is 11.5. The van der Waals surface area contributed by atoms with Crippen molar-refractivity contribution in [2.45, 2.75) is 25.9 Å². The molecule has 0 aliphatic heterocycles. The maximum absolute atomic E-state index is 13.4. The molecule has 6 heteroatoms. The molecule has 0 spiro atoms. The molecule has 0 aromatic heterocycles. The molecule has 0 bridgehead atoms. The van der Waals surface area contributed by atoms with E-state index in [2.05, 4.69) is 18.0 Å². The summed E-state index contributed by atoms with van der Waals surface area (Å²) in [6.07, 6.45) is -1.46. The summed E-state index contributed by atoms with van der Waals surface area (Å²) in [4.78, 5) is 0. The van der Waals surface area contributed by atoms with Crippen LogP contribution in [0.1, 0.15) is 35.6 Å². The largest absolute Gasteiger partial charge is 0.416 e. The number of nitrogens with one attached hydrogen (secondary N) is 1. The van der Waals surface area contributed by atoms with E-state index in [1.165, 1.54) is 19.2 Å². The zero-order valence-electron chi connectivity index (χ0n) is 18.4. The maximum Gasteiger partial charge on any atom is 0.416 e. The number of rotatable bonds is 7. The van der Waals surface area contributed by atoms with E-state index in [4.69, 9.17) is 5.73 Å². The molecule has 0 unspecified atom stereocenters. The van der Waals surface area contributed by atoms with Gasteiger partial charge in [-0.15, -0.1) is 0 Å². The van der Waals surface area contributed by atoms with E-state index in [1.807, 2.05) is 48.5 Å². The Labute approximate surface area is 188 Å². The molecule has 0 aliphatic carbocycles. The number of nitrogens with two attached hydrogens (primary N) is 2. The molecule has 170 valence electrons. The number of halogens is 3. The Morgan fingerprint density at radius 1 is 0.875 bits per heavy atom. The molecule has 0 radical (unpaired) electrons. The molecular weight excluding hydrogens is 411 g/mol. The van der Waals surface area contributed by atoms with Gasteiger partial charge in [-0.05, 0) is 49.2 Å². The molecule has 0 amide bonds. The molecule has 0 saturated carbocycles. The highest BCUT2D eigenvalue weighted by molar-refractivity contribution is 5.90. The van der Waals surface area contributed by atoms with Crippen LogP contribution in [0.2, 0.25) is 0 Å². The van der Waals surface area contributed by atoms with Gasteiger partial charge < -0.3 is 16.8 Å². The molecule has 3 aromatic carbocycles. The van der Waals surface area contributed by atoms with Gasteiger partial charge in [0.2, 0.25) is 0 Å². The average Bonchev–Trinajstić information content (AvgIpc) is 2.80. The Bertz CT molecular complexity index is 1030. The quantitative estimate of drug-likeness (QED) is 0.374. The number of nitrogen functional groups attached to an aromatic ring is 1. The number of para-hydroxylation sites is 2. The minimum Gasteiger partial charge on any atom is -0.398 e. The fraction of sp³-hybridized carbons (Fsp3) is 0.231. The summed E-state index contributed by atoms with van der Waals surface area (Å²) in [5, 5.41) is 3.40. The van der Waals surface area contributed by atoms with Crippen molar-refractivity contribution in [3.8, 4) is 0 Å². The van der Waals surface area contributed by atoms with Crippen LogP contribution in [0, 0.1) is 0 Å². The molecule has 0 heterocycles. The molecule has 0 atom stereocenters. The van der Waals surface area contributed by atoms with Gasteiger partial charge in [0, 0.05) is 29.0 Å². The minimum absolute atomic E-state index is 0.140. The van der Waals surface area contributed by atoms with Crippen molar-refractivity contribution in [2.24, 2.45) is 5.73 Å². The third-order valence-electron chi connectivity index (χ3n) is 4.88. The molecule has 0 fully saturated rings. The fourth-order valence-corrected chi connectivity index (χ4v) is 3.43. The standard InChI is InChI=1S/C25H25F3N2.CH5N/c1-2-17-30-24-14-8-5-11-21(24)19(20-10-4-7-13-23(20)29)16-15-18-9-3-6-12-22(18)25(26,27)28;1-2/h3-14,16,30H,2,15,17,29H2,1H3;2H2,1H3/b19-16+;. The summed E-state index contributed by atoms with van der Waals surface area (Å²) in [7, 11) is 1.50. The Morgan fingerprint density at radius 3 is 2.12 bits per heavy atom. The lowest BCUT2D eigenvalue weighted by atomic mass is 9.92. The van der Waals surface area contributed by atoms with E-state index in [0.717, 1.165) is 41.4 Å². The van der Waals surface area contributed by atoms with Gasteiger partial charge >= 0.3 is 6.18 Å². The number of allylic oxidation sites excluding steroid dienone is 1. The van der Waals surface area contributed by atoms with Gasteiger partial charge in [-0.3, -0.25) is 0 Å². The number of hydrogen-bond donors (Lipinski definition) is 3. The van der Waals surface area contributed by atoms with Crippen molar-refractivity contribution in [1.29, 1.82) is 0 Å². The lowest BCUT2D eigenvalue weighted by molar-refractivity contribution is -0.138. The molecule has 3 nitrogen and oxygen atoms in total. The SMILES string of the molecule is CCCNc1ccccc1/C(=C/Cc1ccccc1C(F)(F)F)c1ccccc1N.CN. The highest BCUT2D eigenvalue weighted by Crippen LogP contribution is 2.35. The summed E-state index contributed by atoms with van der Waals surface area (Å²) >= 11 is 0. The van der Waals surface area contributed by atoms with Crippen LogP contribution in [0.4, 0.5) is 24.5 Å². The predicted molar refractivity (Wildman–Crippen MR) is 128 cm³/mol. The first kappa shape index (κ1) is 25.0. The van der Waals surface area contributed by atoms with Crippen LogP contribution in [0.15, 0.2) is 78.9 Å². The molecular formula is C26H30F3N3. The second-order valence-electron chi connectivity index (χ2n) is 7.04. The molecule has 3 aromatic rings. The van der Waals surface area contributed by atoms with E-state index in [0.29, 0.717) is 5.69 Å². The van der Waals surface area contributed by atoms with Gasteiger partial charge in [-0.25, -0.2) is 0 Å². The van der Waals surface area contributed by atoms with Gasteiger partial charge in [0.05, 0.1) is 5.56 Å². The molecule has 32 heavy (non-hydrogen) atoms. The Hall–Kier alpha value is -3.25. The zero-order chi connectivity index (χ0) is 23.6. The van der Waals surface area contributed by atoms with Crippen LogP contribution in [0.5, 0.6) is 0 Å². The van der Waals surface area contributed by atoms with Crippen molar-refractivity contribution in [2.75, 3.05) is 24.6 Å². The summed E-state index contributed by atoms with van der Waals surface area (Å²) in [5.41, 5.74) is 14.4. The first-order valence-corrected chi connectivity index (χ1v) is 10.5. The second-order valence-corrected chi connectivity index (χ2v) is 7.04. The van der Waals surface area contributed by atoms with E-state index < -0.39 is 11.7 Å². The van der Waals surface area contributed by atoms with Crippen LogP contribution in [0.25, 0.3) is 5.57 Å². The predicted octanol–water partition coefficient (Wildman–Crippen LogP) is 6.36. The molecule has 0 aliphatic rings. The number of alkyl halides is 3. The fourth-order valence-electron chi connectivity index (χ4n) is 3.43. The highest BCUT2D eigenvalue weighted by atomic mass is 19.4. The van der Waals surface area contributed by atoms with Crippen molar-refractivity contribution in [3.63, 3.8) is 0 Å². The van der Waals surface area contributed by atoms with Crippen LogP contribution >= 0.6 is 0 Å². The third-order valence-corrected chi connectivity index (χ3v) is 4.88. The van der Waals surface area contributed by atoms with Crippen molar-refractivity contribution >= 4 is 16.9 Å². The zero-order valence-corrected chi connectivity index (χ0v) is 18.4. The van der Waals surface area contributed by atoms with E-state index in [9.17, 15) is 13.2 Å². The van der Waals surface area contributed by atoms with Crippen LogP contribution < -0.4 is 16.8 Å². The number of benzene rings is 3. The van der Waals surface area contributed by atoms with Gasteiger partial charge in [-0.1, -0.05) is 67.6 Å². The number of hydrogen-bond acceptors (Lipinski definition) is 3.